The van der Waals surface area contributed by atoms with E-state index in [1.165, 1.54) is 6.07 Å². The summed E-state index contributed by atoms with van der Waals surface area (Å²) in [5.74, 6) is 0.201. The molecule has 0 atom stereocenters. The monoisotopic (exact) mass is 301 g/mol. The summed E-state index contributed by atoms with van der Waals surface area (Å²) >= 11 is 0. The lowest BCUT2D eigenvalue weighted by Gasteiger charge is -2.10. The summed E-state index contributed by atoms with van der Waals surface area (Å²) in [6.45, 7) is 4.45. The zero-order valence-electron chi connectivity index (χ0n) is 12.9. The minimum absolute atomic E-state index is 0.211. The van der Waals surface area contributed by atoms with Gasteiger partial charge in [0.05, 0.1) is 12.3 Å². The molecule has 116 valence electrons. The zero-order valence-corrected chi connectivity index (χ0v) is 12.9. The van der Waals surface area contributed by atoms with Gasteiger partial charge in [0.1, 0.15) is 11.6 Å². The third-order valence-electron chi connectivity index (χ3n) is 3.30. The number of hydrogen-bond donors (Lipinski definition) is 1. The van der Waals surface area contributed by atoms with E-state index in [9.17, 15) is 9.18 Å². The number of anilines is 1. The van der Waals surface area contributed by atoms with Gasteiger partial charge in [-0.3, -0.25) is 4.79 Å². The number of nitrogens with one attached hydrogen (secondary N) is 1. The molecule has 0 bridgehead atoms. The molecule has 0 aliphatic rings. The first-order valence-corrected chi connectivity index (χ1v) is 7.30. The van der Waals surface area contributed by atoms with E-state index >= 15 is 0 Å². The van der Waals surface area contributed by atoms with Gasteiger partial charge >= 0.3 is 0 Å². The van der Waals surface area contributed by atoms with Crippen molar-refractivity contribution in [3.8, 4) is 5.75 Å². The molecule has 3 nitrogen and oxygen atoms in total. The Hall–Kier alpha value is -2.36. The number of hydrogen-bond acceptors (Lipinski definition) is 2. The molecule has 2 aromatic carbocycles. The van der Waals surface area contributed by atoms with Crippen LogP contribution in [0.3, 0.4) is 0 Å². The molecule has 0 heterocycles. The third kappa shape index (κ3) is 4.58. The number of ether oxygens (including phenoxy) is 1. The van der Waals surface area contributed by atoms with Crippen molar-refractivity contribution in [1.82, 2.24) is 0 Å². The van der Waals surface area contributed by atoms with Crippen molar-refractivity contribution in [1.29, 1.82) is 0 Å². The van der Waals surface area contributed by atoms with E-state index in [1.807, 2.05) is 32.0 Å². The lowest BCUT2D eigenvalue weighted by molar-refractivity contribution is -0.116. The molecular weight excluding hydrogens is 281 g/mol. The van der Waals surface area contributed by atoms with Crippen LogP contribution >= 0.6 is 0 Å². The van der Waals surface area contributed by atoms with Crippen molar-refractivity contribution in [2.45, 2.75) is 26.7 Å². The van der Waals surface area contributed by atoms with Crippen molar-refractivity contribution < 1.29 is 13.9 Å². The first-order chi connectivity index (χ1) is 10.6. The van der Waals surface area contributed by atoms with Crippen LogP contribution in [0, 0.1) is 19.7 Å². The van der Waals surface area contributed by atoms with Gasteiger partial charge in [0.25, 0.3) is 0 Å². The fourth-order valence-electron chi connectivity index (χ4n) is 2.05. The summed E-state index contributed by atoms with van der Waals surface area (Å²) in [5.41, 5.74) is 2.42. The average Bonchev–Trinajstić information content (AvgIpc) is 2.49. The minimum atomic E-state index is -0.428. The summed E-state index contributed by atoms with van der Waals surface area (Å²) in [6, 6.07) is 12.2. The van der Waals surface area contributed by atoms with Gasteiger partial charge in [0.2, 0.25) is 5.91 Å². The van der Waals surface area contributed by atoms with Gasteiger partial charge in [-0.2, -0.15) is 0 Å². The molecule has 1 N–H and O–H groups in total. The van der Waals surface area contributed by atoms with Crippen molar-refractivity contribution in [2.24, 2.45) is 0 Å². The van der Waals surface area contributed by atoms with Gasteiger partial charge in [0, 0.05) is 6.42 Å². The Balaban J connectivity index is 1.76. The molecule has 0 spiro atoms. The standard InChI is InChI=1S/C18H20FNO2/c1-13-9-10-14(2)17(12-13)22-11-5-8-18(21)20-16-7-4-3-6-15(16)19/h3-4,6-7,9-10,12H,5,8,11H2,1-2H3,(H,20,21). The van der Waals surface area contributed by atoms with E-state index < -0.39 is 5.82 Å². The fraction of sp³-hybridized carbons (Fsp3) is 0.278. The van der Waals surface area contributed by atoms with Gasteiger partial charge in [-0.1, -0.05) is 24.3 Å². The van der Waals surface area contributed by atoms with Crippen LogP contribution in [0.15, 0.2) is 42.5 Å². The number of halogens is 1. The zero-order chi connectivity index (χ0) is 15.9. The van der Waals surface area contributed by atoms with Crippen molar-refractivity contribution in [3.05, 3.63) is 59.4 Å². The van der Waals surface area contributed by atoms with Gasteiger partial charge in [0.15, 0.2) is 0 Å². The lowest BCUT2D eigenvalue weighted by Crippen LogP contribution is -2.13. The van der Waals surface area contributed by atoms with E-state index in [2.05, 4.69) is 5.32 Å². The molecule has 2 aromatic rings. The predicted octanol–water partition coefficient (Wildman–Crippen LogP) is 4.24. The van der Waals surface area contributed by atoms with Crippen LogP contribution in [0.1, 0.15) is 24.0 Å². The third-order valence-corrected chi connectivity index (χ3v) is 3.30. The van der Waals surface area contributed by atoms with E-state index in [1.54, 1.807) is 18.2 Å². The predicted molar refractivity (Wildman–Crippen MR) is 85.7 cm³/mol. The Kier molecular flexibility index (Phi) is 5.53. The number of amides is 1. The molecule has 0 radical (unpaired) electrons. The molecule has 2 rings (SSSR count). The maximum absolute atomic E-state index is 13.4. The van der Waals surface area contributed by atoms with Crippen molar-refractivity contribution in [2.75, 3.05) is 11.9 Å². The SMILES string of the molecule is Cc1ccc(C)c(OCCCC(=O)Nc2ccccc2F)c1. The summed E-state index contributed by atoms with van der Waals surface area (Å²) in [4.78, 5) is 11.8. The maximum Gasteiger partial charge on any atom is 0.224 e. The summed E-state index contributed by atoms with van der Waals surface area (Å²) in [7, 11) is 0. The number of benzene rings is 2. The fourth-order valence-corrected chi connectivity index (χ4v) is 2.05. The van der Waals surface area contributed by atoms with Gasteiger partial charge in [-0.25, -0.2) is 4.39 Å². The Bertz CT molecular complexity index is 655. The molecule has 0 aliphatic carbocycles. The minimum Gasteiger partial charge on any atom is -0.493 e. The number of carbonyl (C=O) groups excluding carboxylic acids is 1. The Morgan fingerprint density at radius 1 is 1.18 bits per heavy atom. The molecular formula is C18H20FNO2. The van der Waals surface area contributed by atoms with E-state index in [0.717, 1.165) is 16.9 Å². The molecule has 1 amide bonds. The summed E-state index contributed by atoms with van der Waals surface area (Å²) in [6.07, 6.45) is 0.868. The molecule has 0 saturated carbocycles. The van der Waals surface area contributed by atoms with Crippen LogP contribution in [-0.4, -0.2) is 12.5 Å². The number of rotatable bonds is 6. The van der Waals surface area contributed by atoms with Crippen LogP contribution in [0.5, 0.6) is 5.75 Å². The average molecular weight is 301 g/mol. The van der Waals surface area contributed by atoms with Crippen molar-refractivity contribution >= 4 is 11.6 Å². The normalized spacial score (nSPS) is 10.3. The Labute approximate surface area is 130 Å². The topological polar surface area (TPSA) is 38.3 Å². The second-order valence-electron chi connectivity index (χ2n) is 5.25. The molecule has 0 fully saturated rings. The second-order valence-corrected chi connectivity index (χ2v) is 5.25. The smallest absolute Gasteiger partial charge is 0.224 e. The van der Waals surface area contributed by atoms with Gasteiger partial charge in [-0.05, 0) is 49.6 Å². The van der Waals surface area contributed by atoms with E-state index in [-0.39, 0.29) is 11.6 Å². The first-order valence-electron chi connectivity index (χ1n) is 7.30. The molecule has 0 saturated heterocycles. The molecule has 0 aliphatic heterocycles. The lowest BCUT2D eigenvalue weighted by atomic mass is 10.1. The maximum atomic E-state index is 13.4. The highest BCUT2D eigenvalue weighted by Gasteiger charge is 2.06. The van der Waals surface area contributed by atoms with Gasteiger partial charge in [-0.15, -0.1) is 0 Å². The Morgan fingerprint density at radius 3 is 2.73 bits per heavy atom. The molecule has 0 aromatic heterocycles. The van der Waals surface area contributed by atoms with Crippen LogP contribution in [0.4, 0.5) is 10.1 Å². The van der Waals surface area contributed by atoms with Crippen LogP contribution in [0.2, 0.25) is 0 Å². The van der Waals surface area contributed by atoms with E-state index in [4.69, 9.17) is 4.74 Å². The second kappa shape index (κ2) is 7.59. The highest BCUT2D eigenvalue weighted by Crippen LogP contribution is 2.19. The van der Waals surface area contributed by atoms with Crippen molar-refractivity contribution in [3.63, 3.8) is 0 Å². The quantitative estimate of drug-likeness (QED) is 0.810. The number of para-hydroxylation sites is 1. The van der Waals surface area contributed by atoms with Gasteiger partial charge < -0.3 is 10.1 Å². The van der Waals surface area contributed by atoms with Crippen LogP contribution in [0.25, 0.3) is 0 Å². The number of aryl methyl sites for hydroxylation is 2. The first kappa shape index (κ1) is 16.0. The number of carbonyl (C=O) groups is 1. The largest absolute Gasteiger partial charge is 0.493 e. The molecule has 22 heavy (non-hydrogen) atoms. The highest BCUT2D eigenvalue weighted by atomic mass is 19.1. The molecule has 4 heteroatoms. The molecule has 0 unspecified atom stereocenters. The summed E-state index contributed by atoms with van der Waals surface area (Å²) < 4.78 is 19.1. The Morgan fingerprint density at radius 2 is 1.95 bits per heavy atom. The van der Waals surface area contributed by atoms with E-state index in [0.29, 0.717) is 19.4 Å². The van der Waals surface area contributed by atoms with Crippen LogP contribution in [-0.2, 0) is 4.79 Å². The highest BCUT2D eigenvalue weighted by molar-refractivity contribution is 5.90. The van der Waals surface area contributed by atoms with Crippen LogP contribution < -0.4 is 10.1 Å². The summed E-state index contributed by atoms with van der Waals surface area (Å²) in [5, 5.41) is 2.56.